The largest absolute Gasteiger partial charge is 0.465 e. The Bertz CT molecular complexity index is 771. The van der Waals surface area contributed by atoms with Gasteiger partial charge in [0, 0.05) is 19.1 Å². The summed E-state index contributed by atoms with van der Waals surface area (Å²) in [5.74, 6) is 0.810. The van der Waals surface area contributed by atoms with Crippen molar-refractivity contribution in [2.24, 2.45) is 22.7 Å². The number of carbonyl (C=O) groups is 2. The van der Waals surface area contributed by atoms with Gasteiger partial charge in [-0.05, 0) is 59.6 Å². The van der Waals surface area contributed by atoms with Gasteiger partial charge in [0.05, 0.1) is 18.8 Å². The van der Waals surface area contributed by atoms with E-state index in [1.807, 2.05) is 31.2 Å². The highest BCUT2D eigenvalue weighted by Crippen LogP contribution is 2.70. The second-order valence-electron chi connectivity index (χ2n) is 9.31. The third-order valence-corrected chi connectivity index (χ3v) is 7.79. The molecule has 4 rings (SSSR count). The van der Waals surface area contributed by atoms with E-state index < -0.39 is 0 Å². The van der Waals surface area contributed by atoms with E-state index >= 15 is 0 Å². The number of ether oxygens (including phenoxy) is 2. The van der Waals surface area contributed by atoms with Gasteiger partial charge in [0.25, 0.3) is 0 Å². The van der Waals surface area contributed by atoms with Crippen LogP contribution in [0.15, 0.2) is 24.3 Å². The van der Waals surface area contributed by atoms with Crippen molar-refractivity contribution in [1.29, 1.82) is 0 Å². The molecule has 3 aliphatic rings. The number of methoxy groups -OCH3 is 1. The number of carbonyl (C=O) groups excluding carboxylic acids is 2. The molecule has 1 N–H and O–H groups in total. The van der Waals surface area contributed by atoms with Crippen molar-refractivity contribution in [2.75, 3.05) is 13.7 Å². The molecule has 152 valence electrons. The summed E-state index contributed by atoms with van der Waals surface area (Å²) >= 11 is 0. The average Bonchev–Trinajstić information content (AvgIpc) is 3.19. The lowest BCUT2D eigenvalue weighted by molar-refractivity contribution is -0.137. The number of esters is 1. The molecule has 2 saturated carbocycles. The summed E-state index contributed by atoms with van der Waals surface area (Å²) in [5.41, 5.74) is 1.88. The maximum atomic E-state index is 12.3. The minimum Gasteiger partial charge on any atom is -0.465 e. The van der Waals surface area contributed by atoms with Gasteiger partial charge < -0.3 is 14.8 Å². The molecular formula is C23H31NO4. The second kappa shape index (κ2) is 6.87. The van der Waals surface area contributed by atoms with Crippen LogP contribution in [0.2, 0.25) is 0 Å². The maximum Gasteiger partial charge on any atom is 0.337 e. The second-order valence-corrected chi connectivity index (χ2v) is 9.31. The zero-order valence-corrected chi connectivity index (χ0v) is 17.3. The first-order valence-electron chi connectivity index (χ1n) is 10.4. The zero-order valence-electron chi connectivity index (χ0n) is 17.3. The summed E-state index contributed by atoms with van der Waals surface area (Å²) in [7, 11) is 1.39. The smallest absolute Gasteiger partial charge is 0.337 e. The van der Waals surface area contributed by atoms with Crippen molar-refractivity contribution in [3.63, 3.8) is 0 Å². The molecule has 1 aliphatic heterocycles. The Kier molecular flexibility index (Phi) is 4.77. The Morgan fingerprint density at radius 1 is 1.25 bits per heavy atom. The molecule has 28 heavy (non-hydrogen) atoms. The molecule has 1 heterocycles. The number of hydrogen-bond donors (Lipinski definition) is 1. The third kappa shape index (κ3) is 2.78. The molecule has 5 atom stereocenters. The van der Waals surface area contributed by atoms with Gasteiger partial charge in [0.1, 0.15) is 0 Å². The van der Waals surface area contributed by atoms with E-state index in [1.165, 1.54) is 13.5 Å². The highest BCUT2D eigenvalue weighted by molar-refractivity contribution is 5.89. The van der Waals surface area contributed by atoms with Gasteiger partial charge in [-0.1, -0.05) is 32.9 Å². The first-order chi connectivity index (χ1) is 13.3. The Balaban J connectivity index is 1.64. The van der Waals surface area contributed by atoms with Gasteiger partial charge in [0.15, 0.2) is 0 Å². The van der Waals surface area contributed by atoms with Crippen molar-refractivity contribution >= 4 is 11.9 Å². The molecule has 2 aliphatic carbocycles. The van der Waals surface area contributed by atoms with Gasteiger partial charge in [-0.15, -0.1) is 0 Å². The fourth-order valence-electron chi connectivity index (χ4n) is 6.31. The molecular weight excluding hydrogens is 354 g/mol. The summed E-state index contributed by atoms with van der Waals surface area (Å²) in [5, 5.41) is 3.39. The highest BCUT2D eigenvalue weighted by atomic mass is 16.5. The molecule has 3 fully saturated rings. The minimum absolute atomic E-state index is 0.0163. The van der Waals surface area contributed by atoms with Crippen LogP contribution in [0.4, 0.5) is 0 Å². The van der Waals surface area contributed by atoms with Crippen LogP contribution in [-0.2, 0) is 14.3 Å². The molecule has 0 aromatic heterocycles. The number of amides is 1. The number of rotatable bonds is 4. The van der Waals surface area contributed by atoms with Gasteiger partial charge in [-0.3, -0.25) is 4.79 Å². The minimum atomic E-state index is -0.323. The predicted octanol–water partition coefficient (Wildman–Crippen LogP) is 3.88. The third-order valence-electron chi connectivity index (χ3n) is 7.79. The summed E-state index contributed by atoms with van der Waals surface area (Å²) < 4.78 is 11.1. The fraction of sp³-hybridized carbons (Fsp3) is 0.652. The van der Waals surface area contributed by atoms with Crippen LogP contribution in [0.5, 0.6) is 0 Å². The monoisotopic (exact) mass is 385 g/mol. The van der Waals surface area contributed by atoms with Crippen LogP contribution in [0.1, 0.15) is 68.5 Å². The summed E-state index contributed by atoms with van der Waals surface area (Å²) in [6, 6.07) is 7.81. The van der Waals surface area contributed by atoms with Crippen LogP contribution in [-0.4, -0.2) is 31.6 Å². The summed E-state index contributed by atoms with van der Waals surface area (Å²) in [6.45, 7) is 7.26. The zero-order chi connectivity index (χ0) is 20.1. The van der Waals surface area contributed by atoms with Crippen LogP contribution in [0.25, 0.3) is 0 Å². The maximum absolute atomic E-state index is 12.3. The normalized spacial score (nSPS) is 35.3. The van der Waals surface area contributed by atoms with Gasteiger partial charge in [-0.2, -0.15) is 0 Å². The van der Waals surface area contributed by atoms with E-state index in [1.54, 1.807) is 0 Å². The fourth-order valence-corrected chi connectivity index (χ4v) is 6.31. The lowest BCUT2D eigenvalue weighted by Crippen LogP contribution is -2.58. The van der Waals surface area contributed by atoms with Crippen molar-refractivity contribution in [2.45, 2.75) is 58.6 Å². The van der Waals surface area contributed by atoms with E-state index in [-0.39, 0.29) is 34.9 Å². The molecule has 5 nitrogen and oxygen atoms in total. The van der Waals surface area contributed by atoms with Gasteiger partial charge in [-0.25, -0.2) is 4.79 Å². The topological polar surface area (TPSA) is 64.6 Å². The van der Waals surface area contributed by atoms with Crippen molar-refractivity contribution in [1.82, 2.24) is 5.32 Å². The van der Waals surface area contributed by atoms with Crippen molar-refractivity contribution < 1.29 is 19.1 Å². The first kappa shape index (κ1) is 19.4. The lowest BCUT2D eigenvalue weighted by atomic mass is 9.59. The highest BCUT2D eigenvalue weighted by Gasteiger charge is 2.68. The summed E-state index contributed by atoms with van der Waals surface area (Å²) in [4.78, 5) is 24.0. The van der Waals surface area contributed by atoms with E-state index in [2.05, 4.69) is 19.2 Å². The molecule has 0 unspecified atom stereocenters. The number of hydrogen-bond acceptors (Lipinski definition) is 4. The average molecular weight is 386 g/mol. The van der Waals surface area contributed by atoms with Crippen molar-refractivity contribution in [3.8, 4) is 0 Å². The predicted molar refractivity (Wildman–Crippen MR) is 106 cm³/mol. The molecule has 1 saturated heterocycles. The first-order valence-corrected chi connectivity index (χ1v) is 10.4. The van der Waals surface area contributed by atoms with E-state index in [9.17, 15) is 9.59 Å². The quantitative estimate of drug-likeness (QED) is 0.799. The number of fused-ring (bicyclic) bond motifs is 1. The molecule has 1 spiro atoms. The van der Waals surface area contributed by atoms with Crippen LogP contribution in [0.3, 0.4) is 0 Å². The molecule has 1 aromatic rings. The van der Waals surface area contributed by atoms with Crippen molar-refractivity contribution in [3.05, 3.63) is 35.4 Å². The molecule has 5 heteroatoms. The van der Waals surface area contributed by atoms with E-state index in [4.69, 9.17) is 9.47 Å². The molecule has 0 radical (unpaired) electrons. The van der Waals surface area contributed by atoms with E-state index in [0.717, 1.165) is 18.4 Å². The molecule has 1 amide bonds. The number of nitrogens with one attached hydrogen (secondary N) is 1. The lowest BCUT2D eigenvalue weighted by Gasteiger charge is -2.53. The Hall–Kier alpha value is -1.88. The van der Waals surface area contributed by atoms with Gasteiger partial charge in [0.2, 0.25) is 5.91 Å². The standard InChI is InChI=1S/C23H31NO4/c1-5-18(25)24-21-22(2,3)16-12-17-19(28-11-10-23(17,21)13-16)14-6-8-15(9-7-14)20(26)27-4/h6-9,16-17,19,21H,5,10-13H2,1-4H3,(H,24,25)/t16-,17-,19-,21-,23-/m1/s1. The van der Waals surface area contributed by atoms with E-state index in [0.29, 0.717) is 30.4 Å². The van der Waals surface area contributed by atoms with Crippen LogP contribution >= 0.6 is 0 Å². The molecule has 2 bridgehead atoms. The SMILES string of the molecule is CCC(=O)N[C@@H]1C(C)(C)[C@@H]2C[C@@H]3[C@@H](c4ccc(C(=O)OC)cc4)OCC[C@@]31C2. The van der Waals surface area contributed by atoms with Crippen LogP contribution in [0, 0.1) is 22.7 Å². The summed E-state index contributed by atoms with van der Waals surface area (Å²) in [6.07, 6.45) is 3.84. The van der Waals surface area contributed by atoms with Gasteiger partial charge >= 0.3 is 5.97 Å². The number of benzene rings is 1. The Morgan fingerprint density at radius 3 is 2.61 bits per heavy atom. The van der Waals surface area contributed by atoms with Crippen LogP contribution < -0.4 is 5.32 Å². The Morgan fingerprint density at radius 2 is 1.96 bits per heavy atom. The Labute approximate surface area is 167 Å². The molecule has 1 aromatic carbocycles.